The lowest BCUT2D eigenvalue weighted by Gasteiger charge is -2.51. The fraction of sp³-hybridized carbons (Fsp3) is 0.769. The molecule has 1 aromatic carbocycles. The summed E-state index contributed by atoms with van der Waals surface area (Å²) >= 11 is 5.60. The van der Waals surface area contributed by atoms with Crippen molar-refractivity contribution < 1.29 is 37.6 Å². The molecule has 8 nitrogen and oxygen atoms in total. The minimum absolute atomic E-state index is 0.0127. The predicted octanol–water partition coefficient (Wildman–Crippen LogP) is 4.52. The summed E-state index contributed by atoms with van der Waals surface area (Å²) in [7, 11) is -0.519. The minimum atomic E-state index is -2.18. The molecule has 2 fully saturated rings. The molecule has 0 amide bonds. The molecule has 2 aliphatic heterocycles. The number of alkyl halides is 1. The van der Waals surface area contributed by atoms with Crippen molar-refractivity contribution in [1.82, 2.24) is 0 Å². The van der Waals surface area contributed by atoms with E-state index in [9.17, 15) is 0 Å². The molecule has 1 aromatic rings. The molecule has 10 heteroatoms. The largest absolute Gasteiger partial charge is 0.408 e. The second kappa shape index (κ2) is 14.0. The Kier molecular flexibility index (Phi) is 11.6. The van der Waals surface area contributed by atoms with E-state index in [2.05, 4.69) is 33.9 Å². The first-order chi connectivity index (χ1) is 17.2. The van der Waals surface area contributed by atoms with Gasteiger partial charge >= 0.3 is 0 Å². The average Bonchev–Trinajstić information content (AvgIpc) is 2.85. The summed E-state index contributed by atoms with van der Waals surface area (Å²) in [5, 5.41) is 0.0127. The second-order valence-corrected chi connectivity index (χ2v) is 15.7. The predicted molar refractivity (Wildman–Crippen MR) is 140 cm³/mol. The monoisotopic (exact) mass is 546 g/mol. The zero-order valence-corrected chi connectivity index (χ0v) is 24.2. The van der Waals surface area contributed by atoms with Gasteiger partial charge in [0, 0.05) is 18.6 Å². The van der Waals surface area contributed by atoms with Gasteiger partial charge in [-0.3, -0.25) is 0 Å². The Morgan fingerprint density at radius 2 is 1.61 bits per heavy atom. The first-order valence-corrected chi connectivity index (χ1v) is 16.1. The molecule has 0 spiro atoms. The van der Waals surface area contributed by atoms with Crippen molar-refractivity contribution in [2.75, 3.05) is 52.6 Å². The summed E-state index contributed by atoms with van der Waals surface area (Å²) in [5.74, 6) is 0.473. The topological polar surface area (TPSA) is 73.8 Å². The molecule has 36 heavy (non-hydrogen) atoms. The molecule has 0 saturated carbocycles. The number of rotatable bonds is 13. The Balaban J connectivity index is 1.70. The molecular weight excluding hydrogens is 504 g/mol. The maximum atomic E-state index is 6.93. The van der Waals surface area contributed by atoms with Gasteiger partial charge in [0.1, 0.15) is 24.4 Å². The number of hydrogen-bond donors (Lipinski definition) is 0. The van der Waals surface area contributed by atoms with Crippen LogP contribution in [0.5, 0.6) is 0 Å². The molecule has 6 atom stereocenters. The van der Waals surface area contributed by atoms with Gasteiger partial charge in [-0.15, -0.1) is 11.6 Å². The van der Waals surface area contributed by atoms with Crippen molar-refractivity contribution in [1.29, 1.82) is 0 Å². The van der Waals surface area contributed by atoms with Crippen LogP contribution in [0.2, 0.25) is 18.1 Å². The van der Waals surface area contributed by atoms with Crippen molar-refractivity contribution in [3.8, 4) is 0 Å². The van der Waals surface area contributed by atoms with E-state index >= 15 is 0 Å². The van der Waals surface area contributed by atoms with Crippen molar-refractivity contribution in [2.24, 2.45) is 0 Å². The molecule has 2 heterocycles. The van der Waals surface area contributed by atoms with Gasteiger partial charge in [-0.2, -0.15) is 0 Å². The Hall–Kier alpha value is -0.593. The van der Waals surface area contributed by atoms with Crippen LogP contribution in [0.3, 0.4) is 0 Å². The summed E-state index contributed by atoms with van der Waals surface area (Å²) in [5.41, 5.74) is 0.960. The highest BCUT2D eigenvalue weighted by Gasteiger charge is 2.54. The highest BCUT2D eigenvalue weighted by molar-refractivity contribution is 6.74. The number of fused-ring (bicyclic) bond motifs is 1. The number of ether oxygens (including phenoxy) is 7. The van der Waals surface area contributed by atoms with E-state index in [0.29, 0.717) is 45.5 Å². The van der Waals surface area contributed by atoms with Gasteiger partial charge in [0.15, 0.2) is 20.9 Å². The first-order valence-electron chi connectivity index (χ1n) is 12.7. The number of methoxy groups -OCH3 is 1. The zero-order valence-electron chi connectivity index (χ0n) is 22.4. The molecule has 0 bridgehead atoms. The quantitative estimate of drug-likeness (QED) is 0.203. The van der Waals surface area contributed by atoms with E-state index in [4.69, 9.17) is 49.2 Å². The van der Waals surface area contributed by atoms with Crippen molar-refractivity contribution in [3.63, 3.8) is 0 Å². The SMILES string of the molecule is CO[C@@H]1[C@@H](OCCOCCOCCCl)O[C@@H]2COC(c3ccccc3)O[C@H]2[C@@H]1O[Si](C)(C)C(C)(C)C. The molecule has 0 radical (unpaired) electrons. The van der Waals surface area contributed by atoms with E-state index in [1.165, 1.54) is 0 Å². The van der Waals surface area contributed by atoms with Crippen LogP contribution in [0.1, 0.15) is 32.6 Å². The second-order valence-electron chi connectivity index (χ2n) is 10.5. The van der Waals surface area contributed by atoms with Gasteiger partial charge in [0.05, 0.1) is 39.6 Å². The van der Waals surface area contributed by atoms with Gasteiger partial charge < -0.3 is 37.6 Å². The Labute approximate surface area is 221 Å². The molecular formula is C26H43ClO8Si. The van der Waals surface area contributed by atoms with E-state index in [1.54, 1.807) is 7.11 Å². The Bertz CT molecular complexity index is 762. The average molecular weight is 547 g/mol. The Morgan fingerprint density at radius 3 is 2.25 bits per heavy atom. The van der Waals surface area contributed by atoms with Crippen molar-refractivity contribution >= 4 is 19.9 Å². The summed E-state index contributed by atoms with van der Waals surface area (Å²) in [6.45, 7) is 13.7. The number of benzene rings is 1. The minimum Gasteiger partial charge on any atom is -0.408 e. The smallest absolute Gasteiger partial charge is 0.192 e. The van der Waals surface area contributed by atoms with Crippen LogP contribution in [0.25, 0.3) is 0 Å². The Morgan fingerprint density at radius 1 is 0.944 bits per heavy atom. The van der Waals surface area contributed by atoms with Crippen LogP contribution < -0.4 is 0 Å². The molecule has 0 aliphatic carbocycles. The lowest BCUT2D eigenvalue weighted by atomic mass is 9.97. The van der Waals surface area contributed by atoms with Gasteiger partial charge in [-0.1, -0.05) is 51.1 Å². The fourth-order valence-electron chi connectivity index (χ4n) is 3.96. The molecule has 0 aromatic heterocycles. The summed E-state index contributed by atoms with van der Waals surface area (Å²) in [4.78, 5) is 0. The van der Waals surface area contributed by atoms with E-state index in [0.717, 1.165) is 5.56 Å². The standard InChI is InChI=1S/C26H43ClO8Si/c1-26(2,3)36(5,6)35-22-21-20(18-32-24(34-21)19-10-8-7-9-11-19)33-25(23(22)28-4)31-17-16-30-15-14-29-13-12-27/h7-11,20-25H,12-18H2,1-6H3/t20-,21-,22+,23+,24?,25+/m1/s1. The third-order valence-corrected chi connectivity index (χ3v) is 11.6. The van der Waals surface area contributed by atoms with Crippen LogP contribution in [0, 0.1) is 0 Å². The molecule has 3 rings (SSSR count). The van der Waals surface area contributed by atoms with Crippen molar-refractivity contribution in [2.45, 2.75) is 75.9 Å². The van der Waals surface area contributed by atoms with Crippen molar-refractivity contribution in [3.05, 3.63) is 35.9 Å². The zero-order chi connectivity index (χ0) is 26.2. The number of hydrogen-bond acceptors (Lipinski definition) is 8. The highest BCUT2D eigenvalue weighted by atomic mass is 35.5. The van der Waals surface area contributed by atoms with Gasteiger partial charge in [0.25, 0.3) is 0 Å². The number of halogens is 1. The fourth-order valence-corrected chi connectivity index (χ4v) is 5.37. The van der Waals surface area contributed by atoms with Crippen LogP contribution in [0.4, 0.5) is 0 Å². The van der Waals surface area contributed by atoms with E-state index < -0.39 is 27.0 Å². The maximum absolute atomic E-state index is 6.93. The summed E-state index contributed by atoms with van der Waals surface area (Å²) < 4.78 is 48.7. The maximum Gasteiger partial charge on any atom is 0.192 e. The molecule has 206 valence electrons. The van der Waals surface area contributed by atoms with Crippen LogP contribution in [0.15, 0.2) is 30.3 Å². The third-order valence-electron chi connectivity index (χ3n) is 6.97. The normalized spacial score (nSPS) is 29.2. The first kappa shape index (κ1) is 30.0. The summed E-state index contributed by atoms with van der Waals surface area (Å²) in [6, 6.07) is 9.92. The van der Waals surface area contributed by atoms with Gasteiger partial charge in [-0.05, 0) is 18.1 Å². The van der Waals surface area contributed by atoms with E-state index in [-0.39, 0.29) is 23.4 Å². The molecule has 2 saturated heterocycles. The molecule has 1 unspecified atom stereocenters. The molecule has 2 aliphatic rings. The molecule has 0 N–H and O–H groups in total. The van der Waals surface area contributed by atoms with Gasteiger partial charge in [0.2, 0.25) is 0 Å². The lowest BCUT2D eigenvalue weighted by molar-refractivity contribution is -0.362. The van der Waals surface area contributed by atoms with Crippen LogP contribution in [-0.2, 0) is 37.6 Å². The highest BCUT2D eigenvalue weighted by Crippen LogP contribution is 2.42. The third kappa shape index (κ3) is 7.96. The van der Waals surface area contributed by atoms with Crippen LogP contribution >= 0.6 is 11.6 Å². The van der Waals surface area contributed by atoms with Gasteiger partial charge in [-0.25, -0.2) is 0 Å². The van der Waals surface area contributed by atoms with E-state index in [1.807, 2.05) is 30.3 Å². The summed E-state index contributed by atoms with van der Waals surface area (Å²) in [6.07, 6.45) is -2.69. The van der Waals surface area contributed by atoms with Crippen LogP contribution in [-0.4, -0.2) is 91.7 Å². The lowest BCUT2D eigenvalue weighted by Crippen LogP contribution is -2.66.